The van der Waals surface area contributed by atoms with E-state index in [1.54, 1.807) is 5.57 Å². The Morgan fingerprint density at radius 2 is 2.00 bits per heavy atom. The predicted molar refractivity (Wildman–Crippen MR) is 100 cm³/mol. The Labute approximate surface area is 151 Å². The van der Waals surface area contributed by atoms with Gasteiger partial charge in [0.25, 0.3) is 0 Å². The van der Waals surface area contributed by atoms with Crippen LogP contribution in [0.25, 0.3) is 0 Å². The van der Waals surface area contributed by atoms with Gasteiger partial charge in [0.05, 0.1) is 5.38 Å². The molecule has 0 aromatic heterocycles. The van der Waals surface area contributed by atoms with Gasteiger partial charge in [-0.25, -0.2) is 0 Å². The zero-order valence-corrected chi connectivity index (χ0v) is 15.9. The van der Waals surface area contributed by atoms with Crippen LogP contribution >= 0.6 is 11.6 Å². The molecular weight excluding hydrogens is 316 g/mol. The van der Waals surface area contributed by atoms with Gasteiger partial charge < -0.3 is 0 Å². The smallest absolute Gasteiger partial charge is 0.156 e. The summed E-state index contributed by atoms with van der Waals surface area (Å²) in [5, 5.41) is -0.236. The number of carbonyl (C=O) groups excluding carboxylic acids is 1. The van der Waals surface area contributed by atoms with Crippen LogP contribution in [0.2, 0.25) is 0 Å². The number of allylic oxidation sites excluding steroid dienone is 3. The maximum Gasteiger partial charge on any atom is 0.156 e. The van der Waals surface area contributed by atoms with Crippen LogP contribution in [0.1, 0.15) is 65.2 Å². The molecular formula is C22H31ClO. The lowest BCUT2D eigenvalue weighted by Crippen LogP contribution is -2.50. The lowest BCUT2D eigenvalue weighted by Gasteiger charge is -2.57. The zero-order valence-electron chi connectivity index (χ0n) is 15.2. The standard InChI is InChI=1S/C22H31ClO/c1-4-5-14-8-10-21(2)15(12-14)6-7-16-17(21)9-11-22(3)18(16)13-19(23)20(22)24/h4,6,14,16-19H,1,5,7-13H2,2-3H3/t14?,16-,17+,18+,19-,21+,22+/m1/s1. The van der Waals surface area contributed by atoms with E-state index in [1.165, 1.54) is 32.1 Å². The van der Waals surface area contributed by atoms with Gasteiger partial charge in [-0.3, -0.25) is 4.79 Å². The van der Waals surface area contributed by atoms with Gasteiger partial charge in [0, 0.05) is 5.41 Å². The second-order valence-electron chi connectivity index (χ2n) is 9.42. The minimum Gasteiger partial charge on any atom is -0.297 e. The summed E-state index contributed by atoms with van der Waals surface area (Å²) >= 11 is 6.41. The number of Topliss-reactive ketones (excluding diaryl/α,β-unsaturated/α-hetero) is 1. The molecule has 0 amide bonds. The van der Waals surface area contributed by atoms with Gasteiger partial charge in [-0.1, -0.05) is 31.6 Å². The van der Waals surface area contributed by atoms with Crippen LogP contribution in [0.5, 0.6) is 0 Å². The molecule has 1 nitrogen and oxygen atoms in total. The molecule has 0 bridgehead atoms. The quantitative estimate of drug-likeness (QED) is 0.447. The van der Waals surface area contributed by atoms with Crippen LogP contribution < -0.4 is 0 Å². The van der Waals surface area contributed by atoms with Gasteiger partial charge in [-0.05, 0) is 80.5 Å². The SMILES string of the molecule is C=CCC1CC[C@@]2(C)C(=CC[C@@H]3[C@@H]2CC[C@]2(C)C(=O)[C@H](Cl)C[C@@H]32)C1. The molecule has 4 aliphatic rings. The van der Waals surface area contributed by atoms with E-state index in [2.05, 4.69) is 32.6 Å². The van der Waals surface area contributed by atoms with E-state index in [-0.39, 0.29) is 10.8 Å². The van der Waals surface area contributed by atoms with Crippen LogP contribution in [0.3, 0.4) is 0 Å². The van der Waals surface area contributed by atoms with Gasteiger partial charge in [0.2, 0.25) is 0 Å². The molecule has 1 unspecified atom stereocenters. The molecule has 0 spiro atoms. The summed E-state index contributed by atoms with van der Waals surface area (Å²) in [7, 11) is 0. The van der Waals surface area contributed by atoms with Crippen LogP contribution in [-0.2, 0) is 4.79 Å². The molecule has 132 valence electrons. The highest BCUT2D eigenvalue weighted by molar-refractivity contribution is 6.32. The lowest BCUT2D eigenvalue weighted by atomic mass is 9.47. The summed E-state index contributed by atoms with van der Waals surface area (Å²) in [6.07, 6.45) is 14.1. The number of halogens is 1. The van der Waals surface area contributed by atoms with E-state index in [9.17, 15) is 4.79 Å². The highest BCUT2D eigenvalue weighted by Gasteiger charge is 2.60. The van der Waals surface area contributed by atoms with E-state index >= 15 is 0 Å². The molecule has 0 saturated heterocycles. The van der Waals surface area contributed by atoms with E-state index in [0.29, 0.717) is 23.0 Å². The summed E-state index contributed by atoms with van der Waals surface area (Å²) < 4.78 is 0. The molecule has 0 N–H and O–H groups in total. The fourth-order valence-electron chi connectivity index (χ4n) is 6.92. The van der Waals surface area contributed by atoms with Crippen molar-refractivity contribution in [2.24, 2.45) is 34.5 Å². The van der Waals surface area contributed by atoms with Crippen molar-refractivity contribution < 1.29 is 4.79 Å². The van der Waals surface area contributed by atoms with E-state index in [4.69, 9.17) is 11.6 Å². The van der Waals surface area contributed by atoms with Crippen molar-refractivity contribution >= 4 is 17.4 Å². The number of carbonyl (C=O) groups is 1. The molecule has 0 heterocycles. The molecule has 3 fully saturated rings. The molecule has 2 heteroatoms. The Bertz CT molecular complexity index is 593. The second kappa shape index (κ2) is 5.73. The number of ketones is 1. The number of rotatable bonds is 2. The fourth-order valence-corrected chi connectivity index (χ4v) is 7.36. The van der Waals surface area contributed by atoms with Crippen molar-refractivity contribution in [1.29, 1.82) is 0 Å². The Kier molecular flexibility index (Phi) is 4.03. The van der Waals surface area contributed by atoms with Crippen molar-refractivity contribution in [1.82, 2.24) is 0 Å². The van der Waals surface area contributed by atoms with Gasteiger partial charge in [0.1, 0.15) is 0 Å². The molecule has 7 atom stereocenters. The van der Waals surface area contributed by atoms with Gasteiger partial charge in [0.15, 0.2) is 5.78 Å². The normalized spacial score (nSPS) is 50.5. The molecule has 0 radical (unpaired) electrons. The molecule has 24 heavy (non-hydrogen) atoms. The van der Waals surface area contributed by atoms with E-state index < -0.39 is 0 Å². The third-order valence-corrected chi connectivity index (χ3v) is 8.78. The zero-order chi connectivity index (χ0) is 17.1. The Morgan fingerprint density at radius 1 is 1.25 bits per heavy atom. The number of fused-ring (bicyclic) bond motifs is 5. The van der Waals surface area contributed by atoms with Crippen molar-refractivity contribution in [3.8, 4) is 0 Å². The molecule has 4 rings (SSSR count). The predicted octanol–water partition coefficient (Wildman–Crippen LogP) is 5.93. The van der Waals surface area contributed by atoms with Crippen LogP contribution in [-0.4, -0.2) is 11.2 Å². The first-order chi connectivity index (χ1) is 11.4. The van der Waals surface area contributed by atoms with Gasteiger partial charge in [-0.2, -0.15) is 0 Å². The van der Waals surface area contributed by atoms with Crippen molar-refractivity contribution in [2.75, 3.05) is 0 Å². The average molecular weight is 347 g/mol. The van der Waals surface area contributed by atoms with Gasteiger partial charge in [-0.15, -0.1) is 18.2 Å². The Balaban J connectivity index is 1.63. The van der Waals surface area contributed by atoms with Crippen LogP contribution in [0.4, 0.5) is 0 Å². The lowest BCUT2D eigenvalue weighted by molar-refractivity contribution is -0.131. The fraction of sp³-hybridized carbons (Fsp3) is 0.773. The molecule has 0 aliphatic heterocycles. The third-order valence-electron chi connectivity index (χ3n) is 8.40. The summed E-state index contributed by atoms with van der Waals surface area (Å²) in [4.78, 5) is 12.7. The third kappa shape index (κ3) is 2.23. The van der Waals surface area contributed by atoms with Crippen LogP contribution in [0.15, 0.2) is 24.3 Å². The molecule has 0 aromatic carbocycles. The molecule has 4 aliphatic carbocycles. The minimum atomic E-state index is -0.236. The van der Waals surface area contributed by atoms with E-state index in [1.807, 2.05) is 0 Å². The summed E-state index contributed by atoms with van der Waals surface area (Å²) in [5.74, 6) is 3.07. The Hall–Kier alpha value is -0.560. The maximum absolute atomic E-state index is 12.7. The van der Waals surface area contributed by atoms with Crippen molar-refractivity contribution in [2.45, 2.75) is 70.6 Å². The monoisotopic (exact) mass is 346 g/mol. The molecule has 3 saturated carbocycles. The summed E-state index contributed by atoms with van der Waals surface area (Å²) in [6.45, 7) is 8.67. The maximum atomic E-state index is 12.7. The highest BCUT2D eigenvalue weighted by Crippen LogP contribution is 2.64. The number of hydrogen-bond acceptors (Lipinski definition) is 1. The van der Waals surface area contributed by atoms with Crippen molar-refractivity contribution in [3.05, 3.63) is 24.3 Å². The summed E-state index contributed by atoms with van der Waals surface area (Å²) in [5.41, 5.74) is 1.95. The second-order valence-corrected chi connectivity index (χ2v) is 9.94. The van der Waals surface area contributed by atoms with Crippen molar-refractivity contribution in [3.63, 3.8) is 0 Å². The average Bonchev–Trinajstić information content (AvgIpc) is 2.79. The molecule has 0 aromatic rings. The first-order valence-corrected chi connectivity index (χ1v) is 10.3. The first kappa shape index (κ1) is 16.9. The Morgan fingerprint density at radius 3 is 2.75 bits per heavy atom. The largest absolute Gasteiger partial charge is 0.297 e. The topological polar surface area (TPSA) is 17.1 Å². The number of hydrogen-bond donors (Lipinski definition) is 0. The minimum absolute atomic E-state index is 0.144. The number of alkyl halides is 1. The van der Waals surface area contributed by atoms with Gasteiger partial charge >= 0.3 is 0 Å². The first-order valence-electron chi connectivity index (χ1n) is 9.89. The van der Waals surface area contributed by atoms with Crippen LogP contribution in [0, 0.1) is 34.5 Å². The summed E-state index contributed by atoms with van der Waals surface area (Å²) in [6, 6.07) is 0. The van der Waals surface area contributed by atoms with E-state index in [0.717, 1.165) is 31.1 Å². The highest BCUT2D eigenvalue weighted by atomic mass is 35.5.